The lowest BCUT2D eigenvalue weighted by atomic mass is 9.84. The lowest BCUT2D eigenvalue weighted by Crippen LogP contribution is -2.23. The highest BCUT2D eigenvalue weighted by Crippen LogP contribution is 2.55. The van der Waals surface area contributed by atoms with Crippen LogP contribution in [0.4, 0.5) is 56.9 Å². The van der Waals surface area contributed by atoms with Crippen LogP contribution < -0.4 is 19.6 Å². The summed E-state index contributed by atoms with van der Waals surface area (Å²) in [6.45, 7) is 0. The van der Waals surface area contributed by atoms with E-state index in [2.05, 4.69) is 220 Å². The van der Waals surface area contributed by atoms with Crippen molar-refractivity contribution >= 4 is 90.4 Å². The van der Waals surface area contributed by atoms with Crippen molar-refractivity contribution < 1.29 is 0 Å². The van der Waals surface area contributed by atoms with E-state index < -0.39 is 0 Å². The molecule has 0 saturated heterocycles. The third-order valence-electron chi connectivity index (χ3n) is 15.6. The number of imidazole rings is 3. The predicted octanol–water partition coefficient (Wildman–Crippen LogP) is 15.0. The minimum absolute atomic E-state index is 0.702. The molecule has 7 aromatic carbocycles. The molecule has 0 radical (unpaired) electrons. The number of hydrogen-bond donors (Lipinski definition) is 0. The molecule has 0 aliphatic carbocycles. The molecule has 2 aliphatic heterocycles. The van der Waals surface area contributed by atoms with Crippen molar-refractivity contribution in [3.63, 3.8) is 0 Å². The number of rotatable bonds is 7. The first kappa shape index (κ1) is 45.0. The standard InChI is InChI=1S/C65H49N13/c1-72-49-26-6-10-30-53(49)77(54-31-11-7-27-50(54)72)42-21-14-19-40(37-42)44-39-45(41-20-15-22-43(38-41)78-55-32-12-8-28-51(55)73(2)52-29-9-13-33-56(52)78)58(64-70-47-24-17-35-67-61(47)75(64)4)59(65-71-48-25-18-36-68-62(48)76(65)5)57(44)63-69-46-23-16-34-66-60(46)74(63)3/h6-39H,1-5H3. The van der Waals surface area contributed by atoms with Crippen LogP contribution in [0.2, 0.25) is 0 Å². The average Bonchev–Trinajstić information content (AvgIpc) is 4.28. The highest BCUT2D eigenvalue weighted by molar-refractivity contribution is 6.08. The monoisotopic (exact) mass is 1010 g/mol. The molecule has 0 unspecified atom stereocenters. The Morgan fingerprint density at radius 3 is 0.949 bits per heavy atom. The van der Waals surface area contributed by atoms with Crippen molar-refractivity contribution in [3.05, 3.63) is 207 Å². The zero-order valence-electron chi connectivity index (χ0n) is 43.4. The van der Waals surface area contributed by atoms with Crippen LogP contribution in [0.25, 0.3) is 89.9 Å². The van der Waals surface area contributed by atoms with Crippen molar-refractivity contribution in [3.8, 4) is 56.4 Å². The highest BCUT2D eigenvalue weighted by atomic mass is 15.3. The summed E-state index contributed by atoms with van der Waals surface area (Å²) in [6.07, 6.45) is 5.48. The summed E-state index contributed by atoms with van der Waals surface area (Å²) in [5.41, 5.74) is 21.8. The van der Waals surface area contributed by atoms with Crippen LogP contribution in [-0.4, -0.2) is 57.7 Å². The Morgan fingerprint density at radius 2 is 0.615 bits per heavy atom. The largest absolute Gasteiger partial charge is 0.341 e. The highest BCUT2D eigenvalue weighted by Gasteiger charge is 2.34. The Bertz CT molecular complexity index is 4240. The number of nitrogens with zero attached hydrogens (tertiary/aromatic N) is 13. The van der Waals surface area contributed by atoms with Crippen LogP contribution in [0.1, 0.15) is 0 Å². The summed E-state index contributed by atoms with van der Waals surface area (Å²) in [4.78, 5) is 40.7. The zero-order chi connectivity index (χ0) is 52.3. The third kappa shape index (κ3) is 6.67. The van der Waals surface area contributed by atoms with Crippen LogP contribution in [0.3, 0.4) is 0 Å². The predicted molar refractivity (Wildman–Crippen MR) is 315 cm³/mol. The summed E-state index contributed by atoms with van der Waals surface area (Å²) in [6, 6.07) is 66.5. The molecular weight excluding hydrogens is 963 g/mol. The van der Waals surface area contributed by atoms with Gasteiger partial charge in [0.2, 0.25) is 0 Å². The van der Waals surface area contributed by atoms with Gasteiger partial charge < -0.3 is 33.3 Å². The molecule has 0 fully saturated rings. The molecular formula is C65H49N13. The summed E-state index contributed by atoms with van der Waals surface area (Å²) in [5, 5.41) is 0. The number of anilines is 10. The molecule has 78 heavy (non-hydrogen) atoms. The van der Waals surface area contributed by atoms with Gasteiger partial charge in [-0.05, 0) is 138 Å². The second-order valence-electron chi connectivity index (χ2n) is 20.0. The first-order valence-electron chi connectivity index (χ1n) is 26.0. The average molecular weight is 1010 g/mol. The number of benzene rings is 7. The van der Waals surface area contributed by atoms with Gasteiger partial charge in [0.15, 0.2) is 16.9 Å². The minimum atomic E-state index is 0.702. The van der Waals surface area contributed by atoms with Gasteiger partial charge in [0, 0.05) is 81.9 Å². The molecule has 0 saturated carbocycles. The van der Waals surface area contributed by atoms with Gasteiger partial charge in [-0.1, -0.05) is 72.8 Å². The van der Waals surface area contributed by atoms with Crippen LogP contribution in [0.5, 0.6) is 0 Å². The molecule has 0 bridgehead atoms. The second kappa shape index (κ2) is 17.3. The first-order valence-corrected chi connectivity index (χ1v) is 26.0. The van der Waals surface area contributed by atoms with Crippen LogP contribution in [0, 0.1) is 0 Å². The van der Waals surface area contributed by atoms with E-state index in [1.165, 1.54) is 0 Å². The van der Waals surface area contributed by atoms with Gasteiger partial charge in [-0.25, -0.2) is 29.9 Å². The number of hydrogen-bond acceptors (Lipinski definition) is 10. The lowest BCUT2D eigenvalue weighted by Gasteiger charge is -2.38. The molecule has 13 nitrogen and oxygen atoms in total. The molecule has 2 aliphatic rings. The molecule has 0 spiro atoms. The Kier molecular flexibility index (Phi) is 10.0. The maximum atomic E-state index is 5.56. The molecule has 374 valence electrons. The van der Waals surface area contributed by atoms with Gasteiger partial charge >= 0.3 is 0 Å². The van der Waals surface area contributed by atoms with Gasteiger partial charge in [-0.2, -0.15) is 0 Å². The van der Waals surface area contributed by atoms with Gasteiger partial charge in [-0.3, -0.25) is 0 Å². The molecule has 6 aromatic heterocycles. The summed E-state index contributed by atoms with van der Waals surface area (Å²) >= 11 is 0. The topological polar surface area (TPSA) is 105 Å². The SMILES string of the molecule is CN1c2ccccc2N(c2cccc(-c3cc(-c4cccc(N5c6ccccc6N(C)c6ccccc65)c4)c(-c4nc5cccnc5n4C)c(-c4nc5cccnc5n4C)c3-c3nc4cccnc4n3C)c2)c2ccccc21. The molecule has 0 amide bonds. The smallest absolute Gasteiger partial charge is 0.159 e. The van der Waals surface area contributed by atoms with Gasteiger partial charge in [0.05, 0.1) is 45.5 Å². The van der Waals surface area contributed by atoms with E-state index in [1.54, 1.807) is 0 Å². The fourth-order valence-electron chi connectivity index (χ4n) is 12.0. The molecule has 15 rings (SSSR count). The fraction of sp³-hybridized carbons (Fsp3) is 0.0769. The summed E-state index contributed by atoms with van der Waals surface area (Å²) in [5.74, 6) is 2.14. The number of pyridine rings is 3. The number of aryl methyl sites for hydroxylation is 3. The molecule has 13 heteroatoms. The van der Waals surface area contributed by atoms with E-state index in [1.807, 2.05) is 55.0 Å². The van der Waals surface area contributed by atoms with Gasteiger partial charge in [0.25, 0.3) is 0 Å². The Labute approximate surface area is 449 Å². The Balaban J connectivity index is 1.09. The number of para-hydroxylation sites is 8. The first-order chi connectivity index (χ1) is 38.3. The van der Waals surface area contributed by atoms with Gasteiger partial charge in [-0.15, -0.1) is 0 Å². The van der Waals surface area contributed by atoms with E-state index in [0.29, 0.717) is 5.82 Å². The number of aromatic nitrogens is 9. The van der Waals surface area contributed by atoms with Crippen molar-refractivity contribution in [2.75, 3.05) is 33.7 Å². The van der Waals surface area contributed by atoms with E-state index in [4.69, 9.17) is 29.9 Å². The maximum absolute atomic E-state index is 5.56. The van der Waals surface area contributed by atoms with Crippen molar-refractivity contribution in [1.82, 2.24) is 43.6 Å². The lowest BCUT2D eigenvalue weighted by molar-refractivity contribution is 0.926. The Morgan fingerprint density at radius 1 is 0.295 bits per heavy atom. The third-order valence-corrected chi connectivity index (χ3v) is 15.6. The van der Waals surface area contributed by atoms with Crippen LogP contribution in [-0.2, 0) is 21.1 Å². The number of fused-ring (bicyclic) bond motifs is 7. The van der Waals surface area contributed by atoms with E-state index in [9.17, 15) is 0 Å². The van der Waals surface area contributed by atoms with Crippen molar-refractivity contribution in [2.45, 2.75) is 0 Å². The van der Waals surface area contributed by atoms with E-state index in [0.717, 1.165) is 141 Å². The normalized spacial score (nSPS) is 12.8. The van der Waals surface area contributed by atoms with Crippen LogP contribution in [0.15, 0.2) is 207 Å². The van der Waals surface area contributed by atoms with Gasteiger partial charge in [0.1, 0.15) is 34.0 Å². The molecule has 0 N–H and O–H groups in total. The summed E-state index contributed by atoms with van der Waals surface area (Å²) < 4.78 is 6.33. The van der Waals surface area contributed by atoms with Crippen molar-refractivity contribution in [1.29, 1.82) is 0 Å². The van der Waals surface area contributed by atoms with E-state index >= 15 is 0 Å². The minimum Gasteiger partial charge on any atom is -0.341 e. The quantitative estimate of drug-likeness (QED) is 0.153. The molecule has 8 heterocycles. The van der Waals surface area contributed by atoms with E-state index in [-0.39, 0.29) is 0 Å². The van der Waals surface area contributed by atoms with Crippen LogP contribution >= 0.6 is 0 Å². The zero-order valence-corrected chi connectivity index (χ0v) is 43.4. The fourth-order valence-corrected chi connectivity index (χ4v) is 12.0. The molecule has 0 atom stereocenters. The molecule has 13 aromatic rings. The van der Waals surface area contributed by atoms with Crippen molar-refractivity contribution in [2.24, 2.45) is 21.1 Å². The summed E-state index contributed by atoms with van der Waals surface area (Å²) in [7, 11) is 10.4. The Hall–Kier alpha value is -10.4. The maximum Gasteiger partial charge on any atom is 0.159 e. The second-order valence-corrected chi connectivity index (χ2v) is 20.0.